The number of Topliss-reactive ketones (excluding diaryl/α,β-unsaturated/α-hetero) is 1. The van der Waals surface area contributed by atoms with Crippen LogP contribution < -0.4 is 4.74 Å². The van der Waals surface area contributed by atoms with Gasteiger partial charge < -0.3 is 4.74 Å². The lowest BCUT2D eigenvalue weighted by atomic mass is 10.1. The molecule has 3 nitrogen and oxygen atoms in total. The lowest BCUT2D eigenvalue weighted by Crippen LogP contribution is -2.16. The first-order valence-corrected chi connectivity index (χ1v) is 7.28. The standard InChI is InChI=1S/C16H11ClF3NO2/c17-10-3-5-11(6-4-10)23-13-8-7-12(14(22)9-1-2-9)15(21-13)16(18,19)20/h3-9H,1-2H2. The SMILES string of the molecule is O=C(c1ccc(Oc2ccc(Cl)cc2)nc1C(F)(F)F)C1CC1. The molecule has 1 saturated carbocycles. The van der Waals surface area contributed by atoms with E-state index < -0.39 is 23.2 Å². The molecule has 2 aromatic rings. The van der Waals surface area contributed by atoms with Crippen molar-refractivity contribution in [2.24, 2.45) is 5.92 Å². The number of hydrogen-bond acceptors (Lipinski definition) is 3. The predicted octanol–water partition coefficient (Wildman–Crippen LogP) is 5.14. The predicted molar refractivity (Wildman–Crippen MR) is 77.8 cm³/mol. The molecule has 0 atom stereocenters. The maximum Gasteiger partial charge on any atom is 0.434 e. The third-order valence-electron chi connectivity index (χ3n) is 3.39. The van der Waals surface area contributed by atoms with E-state index in [1.165, 1.54) is 18.2 Å². The molecule has 23 heavy (non-hydrogen) atoms. The minimum Gasteiger partial charge on any atom is -0.439 e. The number of nitrogens with zero attached hydrogens (tertiary/aromatic N) is 1. The number of hydrogen-bond donors (Lipinski definition) is 0. The van der Waals surface area contributed by atoms with Gasteiger partial charge in [-0.05, 0) is 43.2 Å². The van der Waals surface area contributed by atoms with Crippen molar-refractivity contribution >= 4 is 17.4 Å². The van der Waals surface area contributed by atoms with Crippen molar-refractivity contribution < 1.29 is 22.7 Å². The fraction of sp³-hybridized carbons (Fsp3) is 0.250. The lowest BCUT2D eigenvalue weighted by molar-refractivity contribution is -0.141. The minimum absolute atomic E-state index is 0.230. The second-order valence-electron chi connectivity index (χ2n) is 5.24. The van der Waals surface area contributed by atoms with E-state index in [9.17, 15) is 18.0 Å². The van der Waals surface area contributed by atoms with E-state index in [0.29, 0.717) is 23.6 Å². The van der Waals surface area contributed by atoms with Gasteiger partial charge in [-0.1, -0.05) is 11.6 Å². The van der Waals surface area contributed by atoms with Crippen LogP contribution in [0.2, 0.25) is 5.02 Å². The van der Waals surface area contributed by atoms with E-state index in [0.717, 1.165) is 6.07 Å². The van der Waals surface area contributed by atoms with Crippen LogP contribution in [0.5, 0.6) is 11.6 Å². The highest BCUT2D eigenvalue weighted by Gasteiger charge is 2.41. The number of alkyl halides is 3. The first kappa shape index (κ1) is 15.8. The summed E-state index contributed by atoms with van der Waals surface area (Å²) < 4.78 is 44.8. The maximum absolute atomic E-state index is 13.2. The van der Waals surface area contributed by atoms with Gasteiger partial charge in [-0.25, -0.2) is 4.98 Å². The zero-order valence-electron chi connectivity index (χ0n) is 11.7. The topological polar surface area (TPSA) is 39.2 Å². The van der Waals surface area contributed by atoms with Gasteiger partial charge in [0.1, 0.15) is 5.75 Å². The molecular weight excluding hydrogens is 331 g/mol. The molecule has 120 valence electrons. The quantitative estimate of drug-likeness (QED) is 0.723. The van der Waals surface area contributed by atoms with Crippen LogP contribution in [0.4, 0.5) is 13.2 Å². The van der Waals surface area contributed by atoms with Gasteiger partial charge in [-0.3, -0.25) is 4.79 Å². The largest absolute Gasteiger partial charge is 0.439 e. The Balaban J connectivity index is 1.93. The molecule has 0 spiro atoms. The molecule has 1 aromatic heterocycles. The van der Waals surface area contributed by atoms with Crippen LogP contribution in [0.1, 0.15) is 28.9 Å². The van der Waals surface area contributed by atoms with E-state index in [1.807, 2.05) is 0 Å². The molecule has 0 N–H and O–H groups in total. The first-order chi connectivity index (χ1) is 10.8. The number of ketones is 1. The van der Waals surface area contributed by atoms with Gasteiger partial charge in [0.15, 0.2) is 11.5 Å². The highest BCUT2D eigenvalue weighted by molar-refractivity contribution is 6.30. The van der Waals surface area contributed by atoms with E-state index in [1.54, 1.807) is 12.1 Å². The average molecular weight is 342 g/mol. The van der Waals surface area contributed by atoms with Crippen molar-refractivity contribution in [3.63, 3.8) is 0 Å². The minimum atomic E-state index is -4.72. The Kier molecular flexibility index (Phi) is 4.02. The number of pyridine rings is 1. The molecule has 0 saturated heterocycles. The molecule has 1 aliphatic rings. The zero-order valence-corrected chi connectivity index (χ0v) is 12.5. The summed E-state index contributed by atoms with van der Waals surface area (Å²) in [4.78, 5) is 15.5. The van der Waals surface area contributed by atoms with Crippen LogP contribution in [0.15, 0.2) is 36.4 Å². The molecular formula is C16H11ClF3NO2. The number of rotatable bonds is 4. The Labute approximate surface area is 135 Å². The van der Waals surface area contributed by atoms with Gasteiger partial charge >= 0.3 is 6.18 Å². The van der Waals surface area contributed by atoms with Crippen molar-refractivity contribution in [3.05, 3.63) is 52.7 Å². The molecule has 0 amide bonds. The average Bonchev–Trinajstić information content (AvgIpc) is 3.33. The normalized spacial score (nSPS) is 14.6. The molecule has 1 heterocycles. The van der Waals surface area contributed by atoms with Gasteiger partial charge in [0.25, 0.3) is 0 Å². The van der Waals surface area contributed by atoms with E-state index >= 15 is 0 Å². The number of carbonyl (C=O) groups is 1. The highest BCUT2D eigenvalue weighted by atomic mass is 35.5. The Hall–Kier alpha value is -2.08. The molecule has 1 aromatic carbocycles. The second kappa shape index (κ2) is 5.85. The monoisotopic (exact) mass is 341 g/mol. The molecule has 3 rings (SSSR count). The first-order valence-electron chi connectivity index (χ1n) is 6.90. The molecule has 1 fully saturated rings. The Bertz CT molecular complexity index is 740. The van der Waals surface area contributed by atoms with E-state index in [4.69, 9.17) is 16.3 Å². The summed E-state index contributed by atoms with van der Waals surface area (Å²) in [7, 11) is 0. The Morgan fingerprint density at radius 3 is 2.35 bits per heavy atom. The zero-order chi connectivity index (χ0) is 16.6. The number of carbonyl (C=O) groups excluding carboxylic acids is 1. The fourth-order valence-corrected chi connectivity index (χ4v) is 2.23. The van der Waals surface area contributed by atoms with Gasteiger partial charge in [-0.15, -0.1) is 0 Å². The van der Waals surface area contributed by atoms with Crippen molar-refractivity contribution in [1.82, 2.24) is 4.98 Å². The summed E-state index contributed by atoms with van der Waals surface area (Å²) in [6, 6.07) is 8.52. The van der Waals surface area contributed by atoms with E-state index in [-0.39, 0.29) is 11.8 Å². The summed E-state index contributed by atoms with van der Waals surface area (Å²) in [5, 5.41) is 0.478. The molecule has 1 aliphatic carbocycles. The summed E-state index contributed by atoms with van der Waals surface area (Å²) in [5.74, 6) is -0.757. The van der Waals surface area contributed by atoms with Crippen molar-refractivity contribution in [1.29, 1.82) is 0 Å². The van der Waals surface area contributed by atoms with E-state index in [2.05, 4.69) is 4.98 Å². The third-order valence-corrected chi connectivity index (χ3v) is 3.64. The van der Waals surface area contributed by atoms with Crippen LogP contribution in [-0.2, 0) is 6.18 Å². The van der Waals surface area contributed by atoms with Crippen LogP contribution in [0, 0.1) is 5.92 Å². The Morgan fingerprint density at radius 1 is 1.13 bits per heavy atom. The van der Waals surface area contributed by atoms with Crippen LogP contribution in [-0.4, -0.2) is 10.8 Å². The molecule has 0 unspecified atom stereocenters. The highest BCUT2D eigenvalue weighted by Crippen LogP contribution is 2.38. The summed E-state index contributed by atoms with van der Waals surface area (Å²) >= 11 is 5.73. The number of aromatic nitrogens is 1. The molecule has 0 bridgehead atoms. The van der Waals surface area contributed by atoms with Crippen LogP contribution in [0.3, 0.4) is 0 Å². The lowest BCUT2D eigenvalue weighted by Gasteiger charge is -2.13. The summed E-state index contributed by atoms with van der Waals surface area (Å²) in [6.45, 7) is 0. The van der Waals surface area contributed by atoms with Gasteiger partial charge in [0.2, 0.25) is 5.88 Å². The van der Waals surface area contributed by atoms with Gasteiger partial charge in [0.05, 0.1) is 0 Å². The molecule has 7 heteroatoms. The van der Waals surface area contributed by atoms with Crippen LogP contribution in [0.25, 0.3) is 0 Å². The molecule has 0 aliphatic heterocycles. The van der Waals surface area contributed by atoms with Crippen LogP contribution >= 0.6 is 11.6 Å². The number of benzene rings is 1. The van der Waals surface area contributed by atoms with Gasteiger partial charge in [0, 0.05) is 22.6 Å². The van der Waals surface area contributed by atoms with Crippen molar-refractivity contribution in [2.45, 2.75) is 19.0 Å². The summed E-state index contributed by atoms with van der Waals surface area (Å²) in [6.07, 6.45) is -3.47. The maximum atomic E-state index is 13.2. The second-order valence-corrected chi connectivity index (χ2v) is 5.67. The fourth-order valence-electron chi connectivity index (χ4n) is 2.10. The molecule has 0 radical (unpaired) electrons. The number of halogens is 4. The summed E-state index contributed by atoms with van der Waals surface area (Å²) in [5.41, 5.74) is -1.61. The Morgan fingerprint density at radius 2 is 1.78 bits per heavy atom. The third kappa shape index (κ3) is 3.64. The van der Waals surface area contributed by atoms with Gasteiger partial charge in [-0.2, -0.15) is 13.2 Å². The number of ether oxygens (including phenoxy) is 1. The smallest absolute Gasteiger partial charge is 0.434 e. The van der Waals surface area contributed by atoms with Crippen molar-refractivity contribution in [2.75, 3.05) is 0 Å². The van der Waals surface area contributed by atoms with Crippen molar-refractivity contribution in [3.8, 4) is 11.6 Å².